The van der Waals surface area contributed by atoms with Crippen molar-refractivity contribution in [2.45, 2.75) is 31.0 Å². The maximum absolute atomic E-state index is 14.6. The Kier molecular flexibility index (Phi) is 7.22. The number of nitrogens with one attached hydrogen (secondary N) is 1. The van der Waals surface area contributed by atoms with Crippen molar-refractivity contribution in [3.63, 3.8) is 0 Å². The number of nitrogens with zero attached hydrogens (tertiary/aromatic N) is 2. The number of carbonyl (C=O) groups is 2. The normalized spacial score (nSPS) is 17.7. The Morgan fingerprint density at radius 3 is 2.56 bits per heavy atom. The maximum atomic E-state index is 14.6. The summed E-state index contributed by atoms with van der Waals surface area (Å²) in [4.78, 5) is 33.5. The van der Waals surface area contributed by atoms with Crippen LogP contribution in [0.5, 0.6) is 11.5 Å². The molecule has 224 valence electrons. The molecule has 1 aliphatic rings. The molecule has 0 bridgehead atoms. The minimum Gasteiger partial charge on any atom is -0.506 e. The molecule has 5 rings (SSSR count). The molecule has 5 N–H and O–H groups in total. The van der Waals surface area contributed by atoms with Crippen LogP contribution >= 0.6 is 11.6 Å². The molecule has 14 heteroatoms. The van der Waals surface area contributed by atoms with E-state index in [0.29, 0.717) is 10.9 Å². The molecule has 0 saturated heterocycles. The number of amides is 2. The van der Waals surface area contributed by atoms with Gasteiger partial charge < -0.3 is 26.0 Å². The molecular weight excluding hydrogens is 596 g/mol. The number of carbonyl (C=O) groups excluding carboxylic acids is 2. The van der Waals surface area contributed by atoms with Gasteiger partial charge in [0.15, 0.2) is 0 Å². The zero-order chi connectivity index (χ0) is 31.5. The van der Waals surface area contributed by atoms with Crippen LogP contribution in [0.25, 0.3) is 22.2 Å². The lowest BCUT2D eigenvalue weighted by molar-refractivity contribution is -0.265. The minimum atomic E-state index is -5.41. The number of rotatable bonds is 6. The monoisotopic (exact) mass is 618 g/mol. The molecule has 0 spiro atoms. The fourth-order valence-electron chi connectivity index (χ4n) is 4.76. The molecule has 0 fully saturated rings. The van der Waals surface area contributed by atoms with Crippen molar-refractivity contribution in [2.24, 2.45) is 5.73 Å². The Labute approximate surface area is 246 Å². The number of pyridine rings is 2. The van der Waals surface area contributed by atoms with Crippen molar-refractivity contribution in [2.75, 3.05) is 13.2 Å². The highest BCUT2D eigenvalue weighted by Gasteiger charge is 2.57. The summed E-state index contributed by atoms with van der Waals surface area (Å²) in [7, 11) is 0. The molecule has 1 aliphatic heterocycles. The molecular formula is C29H23ClF4N4O5. The van der Waals surface area contributed by atoms with Gasteiger partial charge in [-0.2, -0.15) is 13.2 Å². The predicted octanol–water partition coefficient (Wildman–Crippen LogP) is 4.42. The average Bonchev–Trinajstić information content (AvgIpc) is 3.29. The number of aromatic hydroxyl groups is 1. The van der Waals surface area contributed by atoms with Crippen LogP contribution in [0.2, 0.25) is 5.02 Å². The van der Waals surface area contributed by atoms with E-state index in [0.717, 1.165) is 24.3 Å². The standard InChI is InChI=1S/C29H23ClF4N4O5/c1-13-5-15-6-16(8-20(39)22(15)36-10-13)25(40)37-11-28(42,29(32,33)34)21-9-17-24(43-12-27(17,2)26(35)41)23(38-21)14-3-4-19(31)18(30)7-14/h3-10,39,42H,11-12H2,1-2H3,(H2,35,41)(H,37,40)/t27-,28?/m0/s1. The topological polar surface area (TPSA) is 148 Å². The van der Waals surface area contributed by atoms with Crippen LogP contribution in [0.15, 0.2) is 48.7 Å². The number of hydrogen-bond donors (Lipinski definition) is 4. The van der Waals surface area contributed by atoms with Crippen molar-refractivity contribution in [3.8, 4) is 22.8 Å². The lowest BCUT2D eigenvalue weighted by Crippen LogP contribution is -2.51. The molecule has 0 aliphatic carbocycles. The number of hydrogen-bond acceptors (Lipinski definition) is 7. The van der Waals surface area contributed by atoms with E-state index in [2.05, 4.69) is 15.3 Å². The third-order valence-electron chi connectivity index (χ3n) is 7.37. The van der Waals surface area contributed by atoms with E-state index in [9.17, 15) is 37.4 Å². The average molecular weight is 619 g/mol. The Morgan fingerprint density at radius 2 is 1.91 bits per heavy atom. The molecule has 2 aromatic heterocycles. The van der Waals surface area contributed by atoms with Crippen LogP contribution in [0.1, 0.15) is 34.1 Å². The van der Waals surface area contributed by atoms with Gasteiger partial charge in [-0.15, -0.1) is 0 Å². The number of aromatic nitrogens is 2. The zero-order valence-corrected chi connectivity index (χ0v) is 23.3. The molecule has 43 heavy (non-hydrogen) atoms. The van der Waals surface area contributed by atoms with Crippen molar-refractivity contribution < 1.29 is 42.1 Å². The first kappa shape index (κ1) is 30.0. The highest BCUT2D eigenvalue weighted by atomic mass is 35.5. The van der Waals surface area contributed by atoms with Crippen molar-refractivity contribution >= 4 is 34.3 Å². The van der Waals surface area contributed by atoms with Crippen molar-refractivity contribution in [3.05, 3.63) is 81.9 Å². The Balaban J connectivity index is 1.60. The fourth-order valence-corrected chi connectivity index (χ4v) is 4.94. The molecule has 9 nitrogen and oxygen atoms in total. The summed E-state index contributed by atoms with van der Waals surface area (Å²) in [6, 6.07) is 8.09. The summed E-state index contributed by atoms with van der Waals surface area (Å²) in [6.07, 6.45) is -3.91. The SMILES string of the molecule is Cc1cnc2c(O)cc(C(=O)NCC(O)(c3cc4c(c(-c5ccc(F)c(Cl)c5)n3)OC[C@]4(C)C(N)=O)C(F)(F)F)cc2c1. The van der Waals surface area contributed by atoms with Gasteiger partial charge in [-0.3, -0.25) is 14.6 Å². The Hall–Kier alpha value is -4.49. The number of primary amides is 1. The number of phenols is 1. The van der Waals surface area contributed by atoms with Crippen LogP contribution < -0.4 is 15.8 Å². The summed E-state index contributed by atoms with van der Waals surface area (Å²) in [6.45, 7) is 1.32. The maximum Gasteiger partial charge on any atom is 0.424 e. The zero-order valence-electron chi connectivity index (χ0n) is 22.5. The number of ether oxygens (including phenoxy) is 1. The highest BCUT2D eigenvalue weighted by molar-refractivity contribution is 6.31. The van der Waals surface area contributed by atoms with E-state index in [4.69, 9.17) is 22.1 Å². The van der Waals surface area contributed by atoms with Crippen LogP contribution in [0.4, 0.5) is 17.6 Å². The Bertz CT molecular complexity index is 1820. The van der Waals surface area contributed by atoms with E-state index in [-0.39, 0.29) is 51.0 Å². The summed E-state index contributed by atoms with van der Waals surface area (Å²) in [5.41, 5.74) is -0.468. The van der Waals surface area contributed by atoms with Gasteiger partial charge in [-0.05, 0) is 61.9 Å². The number of fused-ring (bicyclic) bond motifs is 2. The third kappa shape index (κ3) is 5.08. The van der Waals surface area contributed by atoms with Gasteiger partial charge in [0.25, 0.3) is 5.91 Å². The predicted molar refractivity (Wildman–Crippen MR) is 147 cm³/mol. The van der Waals surface area contributed by atoms with E-state index in [1.807, 2.05) is 0 Å². The van der Waals surface area contributed by atoms with Gasteiger partial charge in [-0.1, -0.05) is 11.6 Å². The second-order valence-corrected chi connectivity index (χ2v) is 10.9. The van der Waals surface area contributed by atoms with Gasteiger partial charge >= 0.3 is 6.18 Å². The smallest absolute Gasteiger partial charge is 0.424 e. The number of benzene rings is 2. The highest BCUT2D eigenvalue weighted by Crippen LogP contribution is 2.48. The fraction of sp³-hybridized carbons (Fsp3) is 0.241. The third-order valence-corrected chi connectivity index (χ3v) is 7.66. The van der Waals surface area contributed by atoms with E-state index >= 15 is 0 Å². The number of phenolic OH excluding ortho intramolecular Hbond substituents is 1. The molecule has 2 amide bonds. The first-order valence-electron chi connectivity index (χ1n) is 12.7. The molecule has 1 unspecified atom stereocenters. The second kappa shape index (κ2) is 10.3. The first-order chi connectivity index (χ1) is 20.0. The van der Waals surface area contributed by atoms with Gasteiger partial charge in [0, 0.05) is 28.3 Å². The second-order valence-electron chi connectivity index (χ2n) is 10.5. The number of aryl methyl sites for hydroxylation is 1. The van der Waals surface area contributed by atoms with Gasteiger partial charge in [0.05, 0.1) is 17.3 Å². The number of halogens is 5. The van der Waals surface area contributed by atoms with Gasteiger partial charge in [0.1, 0.15) is 40.5 Å². The van der Waals surface area contributed by atoms with Gasteiger partial charge in [0.2, 0.25) is 11.5 Å². The number of aliphatic hydroxyl groups is 1. The van der Waals surface area contributed by atoms with Crippen LogP contribution in [-0.4, -0.2) is 51.3 Å². The van der Waals surface area contributed by atoms with E-state index < -0.39 is 47.1 Å². The van der Waals surface area contributed by atoms with Crippen molar-refractivity contribution in [1.29, 1.82) is 0 Å². The minimum absolute atomic E-state index is 0.0299. The molecule has 3 heterocycles. The molecule has 2 aromatic carbocycles. The quantitative estimate of drug-likeness (QED) is 0.234. The lowest BCUT2D eigenvalue weighted by Gasteiger charge is -2.31. The molecule has 4 aromatic rings. The number of alkyl halides is 3. The summed E-state index contributed by atoms with van der Waals surface area (Å²) >= 11 is 5.91. The van der Waals surface area contributed by atoms with Gasteiger partial charge in [-0.25, -0.2) is 9.37 Å². The summed E-state index contributed by atoms with van der Waals surface area (Å²) in [5.74, 6) is -3.24. The van der Waals surface area contributed by atoms with Crippen LogP contribution in [-0.2, 0) is 15.8 Å². The van der Waals surface area contributed by atoms with E-state index in [1.54, 1.807) is 13.0 Å². The van der Waals surface area contributed by atoms with E-state index in [1.165, 1.54) is 25.3 Å². The summed E-state index contributed by atoms with van der Waals surface area (Å²) < 4.78 is 63.4. The molecule has 0 saturated carbocycles. The van der Waals surface area contributed by atoms with Crippen molar-refractivity contribution in [1.82, 2.24) is 15.3 Å². The lowest BCUT2D eigenvalue weighted by atomic mass is 9.81. The van der Waals surface area contributed by atoms with Crippen LogP contribution in [0, 0.1) is 12.7 Å². The largest absolute Gasteiger partial charge is 0.506 e. The molecule has 0 radical (unpaired) electrons. The number of nitrogens with two attached hydrogens (primary N) is 1. The first-order valence-corrected chi connectivity index (χ1v) is 13.0. The van der Waals surface area contributed by atoms with Crippen LogP contribution in [0.3, 0.4) is 0 Å². The molecule has 2 atom stereocenters. The summed E-state index contributed by atoms with van der Waals surface area (Å²) in [5, 5.41) is 23.6. The Morgan fingerprint density at radius 1 is 1.19 bits per heavy atom.